The average Bonchev–Trinajstić information content (AvgIpc) is 3.79. The Labute approximate surface area is 323 Å². The zero-order valence-electron chi connectivity index (χ0n) is 30.3. The molecule has 262 valence electrons. The minimum absolute atomic E-state index is 0.631. The highest BCUT2D eigenvalue weighted by Gasteiger charge is 2.18. The molecule has 0 saturated heterocycles. The van der Waals surface area contributed by atoms with Gasteiger partial charge in [0.25, 0.3) is 0 Å². The second kappa shape index (κ2) is 13.0. The fourth-order valence-corrected chi connectivity index (χ4v) is 8.13. The zero-order chi connectivity index (χ0) is 37.0. The molecule has 11 aromatic rings. The van der Waals surface area contributed by atoms with Gasteiger partial charge in [-0.3, -0.25) is 0 Å². The number of hydrogen-bond donors (Lipinski definition) is 0. The quantitative estimate of drug-likeness (QED) is 0.172. The Morgan fingerprint density at radius 3 is 1.18 bits per heavy atom. The van der Waals surface area contributed by atoms with Crippen molar-refractivity contribution in [2.24, 2.45) is 0 Å². The van der Waals surface area contributed by atoms with Crippen LogP contribution in [0.1, 0.15) is 0 Å². The maximum atomic E-state index is 4.99. The Hall–Kier alpha value is -7.63. The van der Waals surface area contributed by atoms with Crippen LogP contribution in [0, 0.1) is 0 Å². The van der Waals surface area contributed by atoms with E-state index in [1.807, 2.05) is 60.7 Å². The largest absolute Gasteiger partial charge is 0.309 e. The van der Waals surface area contributed by atoms with Gasteiger partial charge in [-0.15, -0.1) is 0 Å². The van der Waals surface area contributed by atoms with E-state index in [1.165, 1.54) is 43.7 Å². The van der Waals surface area contributed by atoms with Crippen LogP contribution in [0.2, 0.25) is 0 Å². The molecule has 0 amide bonds. The average molecular weight is 716 g/mol. The summed E-state index contributed by atoms with van der Waals surface area (Å²) in [4.78, 5) is 14.9. The molecule has 3 aromatic heterocycles. The first-order valence-electron chi connectivity index (χ1n) is 18.9. The molecule has 5 nitrogen and oxygen atoms in total. The summed E-state index contributed by atoms with van der Waals surface area (Å²) in [6.07, 6.45) is 0. The zero-order valence-corrected chi connectivity index (χ0v) is 30.3. The van der Waals surface area contributed by atoms with Crippen molar-refractivity contribution in [3.05, 3.63) is 200 Å². The number of aromatic nitrogens is 5. The minimum Gasteiger partial charge on any atom is -0.309 e. The predicted molar refractivity (Wildman–Crippen MR) is 230 cm³/mol. The van der Waals surface area contributed by atoms with Gasteiger partial charge < -0.3 is 9.13 Å². The molecular weight excluding hydrogens is 683 g/mol. The Morgan fingerprint density at radius 1 is 0.250 bits per heavy atom. The summed E-state index contributed by atoms with van der Waals surface area (Å²) in [7, 11) is 0. The molecule has 8 aromatic carbocycles. The standard InChI is InChI=1S/C51H33N5/c1-4-14-34(15-5-1)38-26-30-43-44-31-29-40(56-45-22-12-10-20-41(45)42-21-11-13-23-46(42)56)33-48(44)55(47(43)32-38)39-27-24-37(25-28-39)51-53-49(35-16-6-2-7-17-35)52-50(54-51)36-18-8-3-9-19-36/h1-33H. The number of rotatable bonds is 6. The Morgan fingerprint density at radius 2 is 0.625 bits per heavy atom. The van der Waals surface area contributed by atoms with Crippen LogP contribution in [0.5, 0.6) is 0 Å². The number of fused-ring (bicyclic) bond motifs is 6. The molecule has 0 spiro atoms. The molecule has 0 atom stereocenters. The second-order valence-corrected chi connectivity index (χ2v) is 14.1. The van der Waals surface area contributed by atoms with Gasteiger partial charge in [0.05, 0.1) is 22.1 Å². The topological polar surface area (TPSA) is 48.5 Å². The van der Waals surface area contributed by atoms with Crippen molar-refractivity contribution >= 4 is 43.6 Å². The molecule has 0 bridgehead atoms. The van der Waals surface area contributed by atoms with Gasteiger partial charge >= 0.3 is 0 Å². The number of nitrogens with zero attached hydrogens (tertiary/aromatic N) is 5. The van der Waals surface area contributed by atoms with Gasteiger partial charge in [-0.2, -0.15) is 0 Å². The number of para-hydroxylation sites is 2. The molecule has 5 heteroatoms. The molecule has 3 heterocycles. The van der Waals surface area contributed by atoms with Crippen LogP contribution < -0.4 is 0 Å². The van der Waals surface area contributed by atoms with Crippen molar-refractivity contribution < 1.29 is 0 Å². The van der Waals surface area contributed by atoms with Crippen molar-refractivity contribution in [3.63, 3.8) is 0 Å². The van der Waals surface area contributed by atoms with Gasteiger partial charge in [-0.05, 0) is 65.7 Å². The summed E-state index contributed by atoms with van der Waals surface area (Å²) < 4.78 is 4.79. The number of benzene rings is 8. The first-order chi connectivity index (χ1) is 27.8. The van der Waals surface area contributed by atoms with Gasteiger partial charge in [-0.1, -0.05) is 146 Å². The third-order valence-corrected chi connectivity index (χ3v) is 10.8. The molecule has 0 unspecified atom stereocenters. The fraction of sp³-hybridized carbons (Fsp3) is 0. The first-order valence-corrected chi connectivity index (χ1v) is 18.9. The molecule has 11 rings (SSSR count). The lowest BCUT2D eigenvalue weighted by molar-refractivity contribution is 1.07. The van der Waals surface area contributed by atoms with E-state index < -0.39 is 0 Å². The summed E-state index contributed by atoms with van der Waals surface area (Å²) >= 11 is 0. The minimum atomic E-state index is 0.631. The highest BCUT2D eigenvalue weighted by atomic mass is 15.0. The van der Waals surface area contributed by atoms with Crippen LogP contribution in [0.15, 0.2) is 200 Å². The van der Waals surface area contributed by atoms with Gasteiger partial charge in [0.15, 0.2) is 17.5 Å². The maximum Gasteiger partial charge on any atom is 0.164 e. The van der Waals surface area contributed by atoms with Gasteiger partial charge in [0, 0.05) is 49.6 Å². The summed E-state index contributed by atoms with van der Waals surface area (Å²) in [6.45, 7) is 0. The highest BCUT2D eigenvalue weighted by Crippen LogP contribution is 2.38. The molecule has 0 fully saturated rings. The lowest BCUT2D eigenvalue weighted by atomic mass is 10.0. The van der Waals surface area contributed by atoms with Gasteiger partial charge in [-0.25, -0.2) is 15.0 Å². The predicted octanol–water partition coefficient (Wildman–Crippen LogP) is 12.7. The van der Waals surface area contributed by atoms with Gasteiger partial charge in [0.1, 0.15) is 0 Å². The van der Waals surface area contributed by atoms with Crippen molar-refractivity contribution in [1.82, 2.24) is 24.1 Å². The Bertz CT molecular complexity index is 3110. The second-order valence-electron chi connectivity index (χ2n) is 14.1. The molecule has 0 aliphatic carbocycles. The summed E-state index contributed by atoms with van der Waals surface area (Å²) in [5.74, 6) is 1.92. The SMILES string of the molecule is c1ccc(-c2ccc3c4ccc(-n5c6ccccc6c6ccccc65)cc4n(-c4ccc(-c5nc(-c6ccccc6)nc(-c6ccccc6)n5)cc4)c3c2)cc1. The van der Waals surface area contributed by atoms with E-state index in [2.05, 4.69) is 149 Å². The fourth-order valence-electron chi connectivity index (χ4n) is 8.13. The van der Waals surface area contributed by atoms with E-state index in [9.17, 15) is 0 Å². The summed E-state index contributed by atoms with van der Waals surface area (Å²) in [5.41, 5.74) is 12.0. The lowest BCUT2D eigenvalue weighted by Gasteiger charge is -2.12. The smallest absolute Gasteiger partial charge is 0.164 e. The maximum absolute atomic E-state index is 4.99. The van der Waals surface area contributed by atoms with E-state index >= 15 is 0 Å². The molecule has 0 aliphatic heterocycles. The van der Waals surface area contributed by atoms with Crippen LogP contribution >= 0.6 is 0 Å². The van der Waals surface area contributed by atoms with Crippen molar-refractivity contribution in [2.75, 3.05) is 0 Å². The molecule has 0 saturated carbocycles. The normalized spacial score (nSPS) is 11.6. The molecular formula is C51H33N5. The monoisotopic (exact) mass is 715 g/mol. The molecule has 0 N–H and O–H groups in total. The van der Waals surface area contributed by atoms with Crippen LogP contribution in [-0.4, -0.2) is 24.1 Å². The van der Waals surface area contributed by atoms with E-state index in [0.29, 0.717) is 17.5 Å². The Kier molecular flexibility index (Phi) is 7.42. The van der Waals surface area contributed by atoms with Crippen LogP contribution in [-0.2, 0) is 0 Å². The van der Waals surface area contributed by atoms with Gasteiger partial charge in [0.2, 0.25) is 0 Å². The highest BCUT2D eigenvalue weighted by molar-refractivity contribution is 6.12. The van der Waals surface area contributed by atoms with Crippen molar-refractivity contribution in [2.45, 2.75) is 0 Å². The van der Waals surface area contributed by atoms with E-state index in [1.54, 1.807) is 0 Å². The molecule has 56 heavy (non-hydrogen) atoms. The van der Waals surface area contributed by atoms with Crippen LogP contribution in [0.25, 0.3) is 100 Å². The Balaban J connectivity index is 1.11. The summed E-state index contributed by atoms with van der Waals surface area (Å²) in [5, 5.41) is 4.90. The molecule has 0 radical (unpaired) electrons. The molecule has 0 aliphatic rings. The first kappa shape index (κ1) is 31.9. The van der Waals surface area contributed by atoms with E-state index in [-0.39, 0.29) is 0 Å². The summed E-state index contributed by atoms with van der Waals surface area (Å²) in [6, 6.07) is 70.5. The third kappa shape index (κ3) is 5.29. The van der Waals surface area contributed by atoms with E-state index in [0.717, 1.165) is 39.1 Å². The lowest BCUT2D eigenvalue weighted by Crippen LogP contribution is -2.00. The van der Waals surface area contributed by atoms with Crippen LogP contribution in [0.4, 0.5) is 0 Å². The number of hydrogen-bond acceptors (Lipinski definition) is 3. The van der Waals surface area contributed by atoms with Crippen molar-refractivity contribution in [1.29, 1.82) is 0 Å². The van der Waals surface area contributed by atoms with Crippen LogP contribution in [0.3, 0.4) is 0 Å². The van der Waals surface area contributed by atoms with E-state index in [4.69, 9.17) is 15.0 Å². The van der Waals surface area contributed by atoms with Crippen molar-refractivity contribution in [3.8, 4) is 56.7 Å². The third-order valence-electron chi connectivity index (χ3n) is 10.8.